The van der Waals surface area contributed by atoms with Crippen LogP contribution in [0.25, 0.3) is 0 Å². The maximum absolute atomic E-state index is 9.16. The first-order chi connectivity index (χ1) is 8.06. The first-order valence-corrected chi connectivity index (χ1v) is 5.04. The Balaban J connectivity index is 2.97. The predicted molar refractivity (Wildman–Crippen MR) is 61.3 cm³/mol. The largest absolute Gasteiger partial charge is 0.481 e. The fourth-order valence-corrected chi connectivity index (χ4v) is 1.07. The minimum Gasteiger partial charge on any atom is -0.481 e. The van der Waals surface area contributed by atoms with E-state index in [9.17, 15) is 0 Å². The Morgan fingerprint density at radius 3 is 2.00 bits per heavy atom. The van der Waals surface area contributed by atoms with Gasteiger partial charge in [0.1, 0.15) is 0 Å². The number of hydrogen-bond donors (Lipinski definition) is 3. The monoisotopic (exact) mass is 243 g/mol. The zero-order valence-electron chi connectivity index (χ0n) is 10.1. The van der Waals surface area contributed by atoms with E-state index in [1.165, 1.54) is 20.3 Å². The summed E-state index contributed by atoms with van der Waals surface area (Å²) >= 11 is 0. The van der Waals surface area contributed by atoms with Gasteiger partial charge in [0.05, 0.1) is 39.0 Å². The lowest BCUT2D eigenvalue weighted by Gasteiger charge is -2.26. The lowest BCUT2D eigenvalue weighted by molar-refractivity contribution is 0.147. The standard InChI is InChI=1S/C10H17N3O4/c1-10(5-14,6-15)13-9-11-7(16-2)4-8(12-9)17-3/h4,14-15H,5-6H2,1-3H3,(H,11,12,13). The molecule has 3 N–H and O–H groups in total. The topological polar surface area (TPSA) is 96.7 Å². The molecule has 96 valence electrons. The fraction of sp³-hybridized carbons (Fsp3) is 0.600. The highest BCUT2D eigenvalue weighted by Crippen LogP contribution is 2.19. The Labute approximate surface area is 99.4 Å². The van der Waals surface area contributed by atoms with Gasteiger partial charge in [0.15, 0.2) is 0 Å². The van der Waals surface area contributed by atoms with Gasteiger partial charge in [-0.05, 0) is 6.92 Å². The minimum atomic E-state index is -0.905. The maximum atomic E-state index is 9.16. The van der Waals surface area contributed by atoms with Crippen molar-refractivity contribution in [2.75, 3.05) is 32.8 Å². The SMILES string of the molecule is COc1cc(OC)nc(NC(C)(CO)CO)n1. The predicted octanol–water partition coefficient (Wildman–Crippen LogP) is -0.351. The quantitative estimate of drug-likeness (QED) is 0.628. The van der Waals surface area contributed by atoms with Crippen LogP contribution in [-0.2, 0) is 0 Å². The van der Waals surface area contributed by atoms with Crippen molar-refractivity contribution in [1.82, 2.24) is 9.97 Å². The molecule has 0 amide bonds. The summed E-state index contributed by atoms with van der Waals surface area (Å²) in [5, 5.41) is 21.1. The molecule has 0 saturated heterocycles. The van der Waals surface area contributed by atoms with Gasteiger partial charge in [-0.15, -0.1) is 0 Å². The summed E-state index contributed by atoms with van der Waals surface area (Å²) in [5.74, 6) is 0.877. The summed E-state index contributed by atoms with van der Waals surface area (Å²) in [7, 11) is 2.95. The molecule has 1 rings (SSSR count). The van der Waals surface area contributed by atoms with Crippen molar-refractivity contribution in [1.29, 1.82) is 0 Å². The Morgan fingerprint density at radius 2 is 1.65 bits per heavy atom. The number of methoxy groups -OCH3 is 2. The van der Waals surface area contributed by atoms with Crippen molar-refractivity contribution in [2.24, 2.45) is 0 Å². The molecule has 17 heavy (non-hydrogen) atoms. The molecule has 0 atom stereocenters. The van der Waals surface area contributed by atoms with Crippen LogP contribution < -0.4 is 14.8 Å². The summed E-state index contributed by atoms with van der Waals surface area (Å²) < 4.78 is 9.97. The van der Waals surface area contributed by atoms with Gasteiger partial charge in [0.25, 0.3) is 0 Å². The number of hydrogen-bond acceptors (Lipinski definition) is 7. The van der Waals surface area contributed by atoms with Gasteiger partial charge in [-0.25, -0.2) is 0 Å². The van der Waals surface area contributed by atoms with Gasteiger partial charge in [-0.2, -0.15) is 9.97 Å². The maximum Gasteiger partial charge on any atom is 0.229 e. The number of ether oxygens (including phenoxy) is 2. The Morgan fingerprint density at radius 1 is 1.18 bits per heavy atom. The molecule has 0 saturated carbocycles. The first-order valence-electron chi connectivity index (χ1n) is 5.04. The summed E-state index contributed by atoms with van der Waals surface area (Å²) in [5.41, 5.74) is -0.905. The number of rotatable bonds is 6. The Hall–Kier alpha value is -1.60. The Kier molecular flexibility index (Phi) is 4.47. The van der Waals surface area contributed by atoms with Crippen LogP contribution in [0.3, 0.4) is 0 Å². The third-order valence-electron chi connectivity index (χ3n) is 2.21. The van der Waals surface area contributed by atoms with Crippen molar-refractivity contribution >= 4 is 5.95 Å². The highest BCUT2D eigenvalue weighted by Gasteiger charge is 2.23. The molecule has 0 fully saturated rings. The highest BCUT2D eigenvalue weighted by molar-refractivity contribution is 5.36. The molecule has 1 heterocycles. The second-order valence-electron chi connectivity index (χ2n) is 3.78. The smallest absolute Gasteiger partial charge is 0.229 e. The first kappa shape index (κ1) is 13.5. The number of aliphatic hydroxyl groups is 2. The molecule has 7 heteroatoms. The van der Waals surface area contributed by atoms with Gasteiger partial charge in [0, 0.05) is 0 Å². The van der Waals surface area contributed by atoms with Crippen molar-refractivity contribution in [3.63, 3.8) is 0 Å². The lowest BCUT2D eigenvalue weighted by Crippen LogP contribution is -2.43. The molecule has 0 unspecified atom stereocenters. The van der Waals surface area contributed by atoms with Crippen LogP contribution in [0.1, 0.15) is 6.92 Å². The van der Waals surface area contributed by atoms with Gasteiger partial charge in [0.2, 0.25) is 17.7 Å². The van der Waals surface area contributed by atoms with E-state index in [2.05, 4.69) is 15.3 Å². The van der Waals surface area contributed by atoms with Crippen LogP contribution in [0.4, 0.5) is 5.95 Å². The molecule has 7 nitrogen and oxygen atoms in total. The molecule has 0 radical (unpaired) electrons. The van der Waals surface area contributed by atoms with Gasteiger partial charge in [-0.1, -0.05) is 0 Å². The summed E-state index contributed by atoms with van der Waals surface area (Å²) in [6, 6.07) is 1.53. The van der Waals surface area contributed by atoms with E-state index in [4.69, 9.17) is 19.7 Å². The molecular formula is C10H17N3O4. The zero-order valence-corrected chi connectivity index (χ0v) is 10.1. The van der Waals surface area contributed by atoms with Crippen molar-refractivity contribution in [3.8, 4) is 11.8 Å². The van der Waals surface area contributed by atoms with Crippen LogP contribution in [0.2, 0.25) is 0 Å². The summed E-state index contributed by atoms with van der Waals surface area (Å²) in [6.45, 7) is 1.13. The number of nitrogens with one attached hydrogen (secondary N) is 1. The average molecular weight is 243 g/mol. The second-order valence-corrected chi connectivity index (χ2v) is 3.78. The van der Waals surface area contributed by atoms with Gasteiger partial charge < -0.3 is 25.0 Å². The van der Waals surface area contributed by atoms with Crippen molar-refractivity contribution in [2.45, 2.75) is 12.5 Å². The van der Waals surface area contributed by atoms with Crippen LogP contribution in [0, 0.1) is 0 Å². The molecule has 0 aromatic carbocycles. The number of aliphatic hydroxyl groups excluding tert-OH is 2. The second kappa shape index (κ2) is 5.65. The van der Waals surface area contributed by atoms with Crippen LogP contribution in [0.15, 0.2) is 6.07 Å². The summed E-state index contributed by atoms with van der Waals surface area (Å²) in [4.78, 5) is 8.07. The lowest BCUT2D eigenvalue weighted by atomic mass is 10.1. The minimum absolute atomic E-state index is 0.215. The number of anilines is 1. The third-order valence-corrected chi connectivity index (χ3v) is 2.21. The fourth-order valence-electron chi connectivity index (χ4n) is 1.07. The van der Waals surface area contributed by atoms with Crippen LogP contribution in [0.5, 0.6) is 11.8 Å². The van der Waals surface area contributed by atoms with Crippen LogP contribution >= 0.6 is 0 Å². The van der Waals surface area contributed by atoms with E-state index < -0.39 is 5.54 Å². The number of aromatic nitrogens is 2. The molecule has 0 aliphatic heterocycles. The third kappa shape index (κ3) is 3.43. The van der Waals surface area contributed by atoms with Gasteiger partial charge in [-0.3, -0.25) is 0 Å². The van der Waals surface area contributed by atoms with E-state index in [1.54, 1.807) is 6.92 Å². The van der Waals surface area contributed by atoms with Gasteiger partial charge >= 0.3 is 0 Å². The molecular weight excluding hydrogens is 226 g/mol. The van der Waals surface area contributed by atoms with Crippen molar-refractivity contribution < 1.29 is 19.7 Å². The van der Waals surface area contributed by atoms with E-state index in [1.807, 2.05) is 0 Å². The average Bonchev–Trinajstić information content (AvgIpc) is 2.37. The molecule has 0 aliphatic rings. The van der Waals surface area contributed by atoms with Crippen molar-refractivity contribution in [3.05, 3.63) is 6.07 Å². The Bertz CT molecular complexity index is 346. The molecule has 1 aromatic rings. The molecule has 0 aliphatic carbocycles. The normalized spacial score (nSPS) is 11.1. The molecule has 0 spiro atoms. The molecule has 1 aromatic heterocycles. The van der Waals surface area contributed by atoms with Crippen LogP contribution in [-0.4, -0.2) is 53.2 Å². The highest BCUT2D eigenvalue weighted by atomic mass is 16.5. The zero-order chi connectivity index (χ0) is 12.9. The van der Waals surface area contributed by atoms with E-state index >= 15 is 0 Å². The number of nitrogens with zero attached hydrogens (tertiary/aromatic N) is 2. The van der Waals surface area contributed by atoms with E-state index in [-0.39, 0.29) is 19.2 Å². The van der Waals surface area contributed by atoms with E-state index in [0.717, 1.165) is 0 Å². The summed E-state index contributed by atoms with van der Waals surface area (Å²) in [6.07, 6.45) is 0. The van der Waals surface area contributed by atoms with E-state index in [0.29, 0.717) is 11.8 Å². The molecule has 0 bridgehead atoms.